The predicted octanol–water partition coefficient (Wildman–Crippen LogP) is 2.90. The first kappa shape index (κ1) is 17.1. The molecule has 1 N–H and O–H groups in total. The molecule has 0 bridgehead atoms. The first-order chi connectivity index (χ1) is 8.89. The van der Waals surface area contributed by atoms with E-state index < -0.39 is 23.9 Å². The molecular formula is C12H14ClF5N2. The maximum absolute atomic E-state index is 13.1. The molecule has 1 atom stereocenters. The SMILES string of the molecule is Cl.Fc1ccc([C@@H](N2CCNCC2)C(F)(F)F)cc1F. The van der Waals surface area contributed by atoms with E-state index in [2.05, 4.69) is 5.32 Å². The highest BCUT2D eigenvalue weighted by atomic mass is 35.5. The molecule has 1 heterocycles. The number of hydrogen-bond acceptors (Lipinski definition) is 2. The van der Waals surface area contributed by atoms with E-state index in [1.54, 1.807) is 0 Å². The van der Waals surface area contributed by atoms with E-state index in [9.17, 15) is 22.0 Å². The lowest BCUT2D eigenvalue weighted by atomic mass is 10.0. The molecule has 2 rings (SSSR count). The maximum Gasteiger partial charge on any atom is 0.408 e. The second kappa shape index (κ2) is 6.69. The van der Waals surface area contributed by atoms with E-state index in [1.165, 1.54) is 4.90 Å². The van der Waals surface area contributed by atoms with Crippen molar-refractivity contribution >= 4 is 12.4 Å². The van der Waals surface area contributed by atoms with Crippen LogP contribution in [0.1, 0.15) is 11.6 Å². The quantitative estimate of drug-likeness (QED) is 0.844. The molecule has 1 aromatic carbocycles. The largest absolute Gasteiger partial charge is 0.408 e. The Kier molecular flexibility index (Phi) is 5.73. The fourth-order valence-corrected chi connectivity index (χ4v) is 2.23. The second-order valence-electron chi connectivity index (χ2n) is 4.40. The van der Waals surface area contributed by atoms with E-state index in [4.69, 9.17) is 0 Å². The fraction of sp³-hybridized carbons (Fsp3) is 0.500. The second-order valence-corrected chi connectivity index (χ2v) is 4.40. The smallest absolute Gasteiger partial charge is 0.314 e. The molecule has 0 unspecified atom stereocenters. The van der Waals surface area contributed by atoms with Crippen LogP contribution >= 0.6 is 12.4 Å². The molecule has 0 amide bonds. The zero-order valence-corrected chi connectivity index (χ0v) is 11.2. The van der Waals surface area contributed by atoms with Crippen molar-refractivity contribution in [3.8, 4) is 0 Å². The van der Waals surface area contributed by atoms with Gasteiger partial charge in [0.1, 0.15) is 6.04 Å². The van der Waals surface area contributed by atoms with Gasteiger partial charge in [0, 0.05) is 26.2 Å². The van der Waals surface area contributed by atoms with Gasteiger partial charge < -0.3 is 5.32 Å². The summed E-state index contributed by atoms with van der Waals surface area (Å²) in [7, 11) is 0. The summed E-state index contributed by atoms with van der Waals surface area (Å²) in [6.45, 7) is 1.30. The average Bonchev–Trinajstić information content (AvgIpc) is 2.34. The first-order valence-corrected chi connectivity index (χ1v) is 5.86. The molecule has 1 aliphatic rings. The van der Waals surface area contributed by atoms with Gasteiger partial charge in [-0.2, -0.15) is 13.2 Å². The zero-order chi connectivity index (χ0) is 14.0. The van der Waals surface area contributed by atoms with Gasteiger partial charge >= 0.3 is 6.18 Å². The molecule has 0 spiro atoms. The molecule has 114 valence electrons. The number of nitrogens with one attached hydrogen (secondary N) is 1. The van der Waals surface area contributed by atoms with Crippen LogP contribution in [0.2, 0.25) is 0 Å². The van der Waals surface area contributed by atoms with Crippen molar-refractivity contribution in [2.45, 2.75) is 12.2 Å². The van der Waals surface area contributed by atoms with Crippen molar-refractivity contribution in [1.29, 1.82) is 0 Å². The van der Waals surface area contributed by atoms with Gasteiger partial charge in [-0.3, -0.25) is 4.90 Å². The summed E-state index contributed by atoms with van der Waals surface area (Å²) in [5.41, 5.74) is -0.270. The van der Waals surface area contributed by atoms with Crippen LogP contribution in [0.4, 0.5) is 22.0 Å². The highest BCUT2D eigenvalue weighted by molar-refractivity contribution is 5.85. The Morgan fingerprint density at radius 3 is 2.15 bits per heavy atom. The summed E-state index contributed by atoms with van der Waals surface area (Å²) in [4.78, 5) is 1.23. The molecule has 1 fully saturated rings. The van der Waals surface area contributed by atoms with Gasteiger partial charge in [-0.25, -0.2) is 8.78 Å². The summed E-state index contributed by atoms with van der Waals surface area (Å²) in [6, 6.07) is 0.435. The highest BCUT2D eigenvalue weighted by Crippen LogP contribution is 2.38. The van der Waals surface area contributed by atoms with Gasteiger partial charge in [-0.1, -0.05) is 6.07 Å². The molecule has 0 radical (unpaired) electrons. The van der Waals surface area contributed by atoms with Gasteiger partial charge in [0.25, 0.3) is 0 Å². The molecule has 1 aromatic rings. The third-order valence-corrected chi connectivity index (χ3v) is 3.09. The molecule has 20 heavy (non-hydrogen) atoms. The number of alkyl halides is 3. The Hall–Kier alpha value is -0.920. The number of rotatable bonds is 2. The molecule has 0 aromatic heterocycles. The van der Waals surface area contributed by atoms with Gasteiger partial charge in [0.15, 0.2) is 11.6 Å². The molecule has 0 aliphatic carbocycles. The van der Waals surface area contributed by atoms with E-state index in [0.717, 1.165) is 12.1 Å². The number of piperazine rings is 1. The van der Waals surface area contributed by atoms with E-state index >= 15 is 0 Å². The minimum atomic E-state index is -4.53. The number of benzene rings is 1. The third kappa shape index (κ3) is 3.80. The molecule has 1 aliphatic heterocycles. The average molecular weight is 317 g/mol. The van der Waals surface area contributed by atoms with Crippen molar-refractivity contribution < 1.29 is 22.0 Å². The van der Waals surface area contributed by atoms with Crippen LogP contribution in [-0.4, -0.2) is 37.3 Å². The standard InChI is InChI=1S/C12H13F5N2.ClH/c13-9-2-1-8(7-10(9)14)11(12(15,16)17)19-5-3-18-4-6-19;/h1-2,7,11,18H,3-6H2;1H/t11-;/m1./s1. The van der Waals surface area contributed by atoms with Crippen LogP contribution < -0.4 is 5.32 Å². The summed E-state index contributed by atoms with van der Waals surface area (Å²) in [5, 5.41) is 2.95. The molecule has 1 saturated heterocycles. The monoisotopic (exact) mass is 316 g/mol. The minimum Gasteiger partial charge on any atom is -0.314 e. The Labute approximate surface area is 119 Å². The van der Waals surface area contributed by atoms with Gasteiger partial charge in [-0.15, -0.1) is 12.4 Å². The molecular weight excluding hydrogens is 303 g/mol. The molecule has 8 heteroatoms. The van der Waals surface area contributed by atoms with Crippen LogP contribution in [-0.2, 0) is 0 Å². The van der Waals surface area contributed by atoms with E-state index in [0.29, 0.717) is 19.2 Å². The van der Waals surface area contributed by atoms with Crippen molar-refractivity contribution in [2.75, 3.05) is 26.2 Å². The van der Waals surface area contributed by atoms with Crippen LogP contribution in [0, 0.1) is 11.6 Å². The summed E-state index contributed by atoms with van der Waals surface area (Å²) in [5.74, 6) is -2.41. The Balaban J connectivity index is 0.00000200. The highest BCUT2D eigenvalue weighted by Gasteiger charge is 2.45. The Morgan fingerprint density at radius 2 is 1.65 bits per heavy atom. The van der Waals surface area contributed by atoms with E-state index in [1.807, 2.05) is 0 Å². The van der Waals surface area contributed by atoms with E-state index in [-0.39, 0.29) is 31.1 Å². The summed E-state index contributed by atoms with van der Waals surface area (Å²) < 4.78 is 65.4. The Bertz CT molecular complexity index is 446. The van der Waals surface area contributed by atoms with Crippen LogP contribution in [0.15, 0.2) is 18.2 Å². The van der Waals surface area contributed by atoms with Crippen molar-refractivity contribution in [2.24, 2.45) is 0 Å². The summed E-state index contributed by atoms with van der Waals surface area (Å²) in [6.07, 6.45) is -4.53. The number of hydrogen-bond donors (Lipinski definition) is 1. The van der Waals surface area contributed by atoms with Crippen LogP contribution in [0.25, 0.3) is 0 Å². The lowest BCUT2D eigenvalue weighted by molar-refractivity contribution is -0.187. The van der Waals surface area contributed by atoms with Gasteiger partial charge in [0.05, 0.1) is 0 Å². The van der Waals surface area contributed by atoms with Gasteiger partial charge in [-0.05, 0) is 17.7 Å². The van der Waals surface area contributed by atoms with Crippen molar-refractivity contribution in [3.63, 3.8) is 0 Å². The lowest BCUT2D eigenvalue weighted by Crippen LogP contribution is -2.49. The topological polar surface area (TPSA) is 15.3 Å². The van der Waals surface area contributed by atoms with Gasteiger partial charge in [0.2, 0.25) is 0 Å². The maximum atomic E-state index is 13.1. The number of halogens is 6. The lowest BCUT2D eigenvalue weighted by Gasteiger charge is -2.36. The van der Waals surface area contributed by atoms with Crippen LogP contribution in [0.5, 0.6) is 0 Å². The minimum absolute atomic E-state index is 0. The van der Waals surface area contributed by atoms with Crippen LogP contribution in [0.3, 0.4) is 0 Å². The predicted molar refractivity (Wildman–Crippen MR) is 66.8 cm³/mol. The molecule has 2 nitrogen and oxygen atoms in total. The molecule has 0 saturated carbocycles. The zero-order valence-electron chi connectivity index (χ0n) is 10.4. The van der Waals surface area contributed by atoms with Crippen molar-refractivity contribution in [1.82, 2.24) is 10.2 Å². The number of nitrogens with zero attached hydrogens (tertiary/aromatic N) is 1. The van der Waals surface area contributed by atoms with Crippen molar-refractivity contribution in [3.05, 3.63) is 35.4 Å². The third-order valence-electron chi connectivity index (χ3n) is 3.09. The summed E-state index contributed by atoms with van der Waals surface area (Å²) >= 11 is 0. The first-order valence-electron chi connectivity index (χ1n) is 5.86. The normalized spacial score (nSPS) is 18.4. The Morgan fingerprint density at radius 1 is 1.05 bits per heavy atom. The fourth-order valence-electron chi connectivity index (χ4n) is 2.23.